The maximum Gasteiger partial charge on any atom is 0.0695 e. The summed E-state index contributed by atoms with van der Waals surface area (Å²) in [5.41, 5.74) is 0. The first-order valence-electron chi connectivity index (χ1n) is 6.85. The summed E-state index contributed by atoms with van der Waals surface area (Å²) in [5, 5.41) is 10.1. The van der Waals surface area contributed by atoms with Gasteiger partial charge in [0.25, 0.3) is 0 Å². The average Bonchev–Trinajstić information content (AvgIpc) is 2.32. The Hall–Kier alpha value is -0.120. The van der Waals surface area contributed by atoms with Crippen molar-refractivity contribution in [3.8, 4) is 0 Å². The van der Waals surface area contributed by atoms with Gasteiger partial charge >= 0.3 is 0 Å². The van der Waals surface area contributed by atoms with E-state index in [1.54, 1.807) is 0 Å². The minimum atomic E-state index is -0.0793. The molecule has 94 valence electrons. The molecule has 2 fully saturated rings. The van der Waals surface area contributed by atoms with E-state index in [2.05, 4.69) is 23.6 Å². The number of nitrogens with zero attached hydrogens (tertiary/aromatic N) is 2. The van der Waals surface area contributed by atoms with Crippen molar-refractivity contribution in [1.82, 2.24) is 9.80 Å². The van der Waals surface area contributed by atoms with E-state index in [9.17, 15) is 5.11 Å². The van der Waals surface area contributed by atoms with Crippen LogP contribution in [-0.2, 0) is 0 Å². The topological polar surface area (TPSA) is 26.7 Å². The monoisotopic (exact) mass is 226 g/mol. The van der Waals surface area contributed by atoms with E-state index >= 15 is 0 Å². The van der Waals surface area contributed by atoms with Gasteiger partial charge in [-0.2, -0.15) is 0 Å². The maximum absolute atomic E-state index is 10.1. The van der Waals surface area contributed by atoms with Crippen molar-refractivity contribution in [3.05, 3.63) is 0 Å². The van der Waals surface area contributed by atoms with Gasteiger partial charge in [-0.3, -0.25) is 4.90 Å². The Morgan fingerprint density at radius 3 is 2.44 bits per heavy atom. The average molecular weight is 226 g/mol. The summed E-state index contributed by atoms with van der Waals surface area (Å²) in [6.07, 6.45) is 3.31. The third kappa shape index (κ3) is 2.76. The molecule has 1 N–H and O–H groups in total. The summed E-state index contributed by atoms with van der Waals surface area (Å²) in [4.78, 5) is 5.02. The number of hydrogen-bond donors (Lipinski definition) is 1. The van der Waals surface area contributed by atoms with Crippen LogP contribution in [0.2, 0.25) is 0 Å². The molecular weight excluding hydrogens is 200 g/mol. The fourth-order valence-corrected chi connectivity index (χ4v) is 3.14. The van der Waals surface area contributed by atoms with Gasteiger partial charge < -0.3 is 10.0 Å². The van der Waals surface area contributed by atoms with Gasteiger partial charge in [0.15, 0.2) is 0 Å². The van der Waals surface area contributed by atoms with E-state index in [0.29, 0.717) is 6.04 Å². The first-order chi connectivity index (χ1) is 7.70. The van der Waals surface area contributed by atoms with Gasteiger partial charge in [0.2, 0.25) is 0 Å². The molecule has 0 aromatic carbocycles. The van der Waals surface area contributed by atoms with Gasteiger partial charge in [0.05, 0.1) is 6.10 Å². The van der Waals surface area contributed by atoms with Crippen molar-refractivity contribution >= 4 is 0 Å². The van der Waals surface area contributed by atoms with Crippen LogP contribution >= 0.6 is 0 Å². The molecule has 3 heteroatoms. The quantitative estimate of drug-likeness (QED) is 0.766. The molecule has 16 heavy (non-hydrogen) atoms. The van der Waals surface area contributed by atoms with Crippen molar-refractivity contribution in [2.75, 3.05) is 32.7 Å². The van der Waals surface area contributed by atoms with Crippen LogP contribution < -0.4 is 0 Å². The number of aliphatic hydroxyl groups excluding tert-OH is 1. The molecule has 1 heterocycles. The smallest absolute Gasteiger partial charge is 0.0695 e. The Morgan fingerprint density at radius 2 is 1.81 bits per heavy atom. The molecular formula is C13H26N2O. The molecule has 1 saturated carbocycles. The fraction of sp³-hybridized carbons (Fsp3) is 1.00. The van der Waals surface area contributed by atoms with Crippen LogP contribution in [0.15, 0.2) is 0 Å². The molecule has 0 radical (unpaired) electrons. The predicted octanol–water partition coefficient (Wildman–Crippen LogP) is 1.17. The molecule has 1 saturated heterocycles. The molecule has 0 aromatic heterocycles. The largest absolute Gasteiger partial charge is 0.391 e. The first-order valence-corrected chi connectivity index (χ1v) is 6.85. The van der Waals surface area contributed by atoms with Crippen LogP contribution in [-0.4, -0.2) is 59.8 Å². The third-order valence-corrected chi connectivity index (χ3v) is 4.37. The van der Waals surface area contributed by atoms with E-state index in [0.717, 1.165) is 32.0 Å². The van der Waals surface area contributed by atoms with Gasteiger partial charge in [-0.1, -0.05) is 13.8 Å². The summed E-state index contributed by atoms with van der Waals surface area (Å²) in [6, 6.07) is 0.433. The molecule has 0 aromatic rings. The summed E-state index contributed by atoms with van der Waals surface area (Å²) in [5.74, 6) is 0.789. The Morgan fingerprint density at radius 1 is 1.12 bits per heavy atom. The number of aliphatic hydroxyl groups is 1. The molecule has 3 unspecified atom stereocenters. The summed E-state index contributed by atoms with van der Waals surface area (Å²) >= 11 is 0. The molecule has 2 rings (SSSR count). The van der Waals surface area contributed by atoms with E-state index < -0.39 is 0 Å². The molecule has 1 aliphatic heterocycles. The van der Waals surface area contributed by atoms with Crippen molar-refractivity contribution in [3.63, 3.8) is 0 Å². The first kappa shape index (κ1) is 12.3. The van der Waals surface area contributed by atoms with Gasteiger partial charge in [0, 0.05) is 32.2 Å². The minimum absolute atomic E-state index is 0.0793. The number of likely N-dealkylation sites (N-methyl/N-ethyl adjacent to an activating group) is 1. The van der Waals surface area contributed by atoms with Crippen molar-refractivity contribution in [2.45, 2.75) is 45.3 Å². The normalized spacial score (nSPS) is 38.8. The van der Waals surface area contributed by atoms with E-state index in [1.807, 2.05) is 0 Å². The Bertz CT molecular complexity index is 214. The molecule has 3 atom stereocenters. The zero-order valence-electron chi connectivity index (χ0n) is 10.7. The molecule has 3 nitrogen and oxygen atoms in total. The standard InChI is InChI=1S/C13H26N2O/c1-3-14-6-8-15(9-7-14)12-10-11(2)4-5-13(12)16/h11-13,16H,3-10H2,1-2H3. The SMILES string of the molecule is CCN1CCN(C2CC(C)CCC2O)CC1. The lowest BCUT2D eigenvalue weighted by Gasteiger charge is -2.43. The van der Waals surface area contributed by atoms with Crippen molar-refractivity contribution < 1.29 is 5.11 Å². The van der Waals surface area contributed by atoms with Crippen LogP contribution in [0.1, 0.15) is 33.1 Å². The van der Waals surface area contributed by atoms with E-state index in [1.165, 1.54) is 25.9 Å². The van der Waals surface area contributed by atoms with Gasteiger partial charge in [-0.05, 0) is 31.7 Å². The lowest BCUT2D eigenvalue weighted by Crippen LogP contribution is -2.55. The molecule has 0 amide bonds. The van der Waals surface area contributed by atoms with Crippen LogP contribution in [0.5, 0.6) is 0 Å². The number of piperazine rings is 1. The van der Waals surface area contributed by atoms with Crippen molar-refractivity contribution in [1.29, 1.82) is 0 Å². The van der Waals surface area contributed by atoms with Crippen LogP contribution in [0.25, 0.3) is 0 Å². The van der Waals surface area contributed by atoms with Gasteiger partial charge in [0.1, 0.15) is 0 Å². The summed E-state index contributed by atoms with van der Waals surface area (Å²) in [6.45, 7) is 10.3. The van der Waals surface area contributed by atoms with Gasteiger partial charge in [-0.25, -0.2) is 0 Å². The molecule has 1 aliphatic carbocycles. The highest BCUT2D eigenvalue weighted by Crippen LogP contribution is 2.28. The number of hydrogen-bond acceptors (Lipinski definition) is 3. The Labute approximate surface area is 99.4 Å². The lowest BCUT2D eigenvalue weighted by molar-refractivity contribution is -0.0143. The zero-order chi connectivity index (χ0) is 11.5. The summed E-state index contributed by atoms with van der Waals surface area (Å²) < 4.78 is 0. The maximum atomic E-state index is 10.1. The highest BCUT2D eigenvalue weighted by molar-refractivity contribution is 4.87. The zero-order valence-corrected chi connectivity index (χ0v) is 10.7. The highest BCUT2D eigenvalue weighted by Gasteiger charge is 2.32. The number of rotatable bonds is 2. The Balaban J connectivity index is 1.87. The second-order valence-electron chi connectivity index (χ2n) is 5.52. The predicted molar refractivity (Wildman–Crippen MR) is 66.5 cm³/mol. The minimum Gasteiger partial charge on any atom is -0.391 e. The van der Waals surface area contributed by atoms with Crippen LogP contribution in [0.3, 0.4) is 0 Å². The van der Waals surface area contributed by atoms with E-state index in [-0.39, 0.29) is 6.10 Å². The van der Waals surface area contributed by atoms with Crippen LogP contribution in [0, 0.1) is 5.92 Å². The molecule has 0 bridgehead atoms. The lowest BCUT2D eigenvalue weighted by atomic mass is 9.84. The van der Waals surface area contributed by atoms with Gasteiger partial charge in [-0.15, -0.1) is 0 Å². The van der Waals surface area contributed by atoms with Crippen molar-refractivity contribution in [2.24, 2.45) is 5.92 Å². The third-order valence-electron chi connectivity index (χ3n) is 4.37. The second-order valence-corrected chi connectivity index (χ2v) is 5.52. The molecule has 2 aliphatic rings. The van der Waals surface area contributed by atoms with Crippen LogP contribution in [0.4, 0.5) is 0 Å². The fourth-order valence-electron chi connectivity index (χ4n) is 3.14. The summed E-state index contributed by atoms with van der Waals surface area (Å²) in [7, 11) is 0. The molecule has 0 spiro atoms. The van der Waals surface area contributed by atoms with E-state index in [4.69, 9.17) is 0 Å². The highest BCUT2D eigenvalue weighted by atomic mass is 16.3. The second kappa shape index (κ2) is 5.48. The Kier molecular flexibility index (Phi) is 4.22.